The average molecular weight is 407 g/mol. The Hall–Kier alpha value is -3.26. The van der Waals surface area contributed by atoms with Crippen molar-refractivity contribution in [2.75, 3.05) is 32.8 Å². The molecule has 0 radical (unpaired) electrons. The second-order valence-electron chi connectivity index (χ2n) is 7.16. The molecule has 1 aliphatic heterocycles. The number of fused-ring (bicyclic) bond motifs is 1. The van der Waals surface area contributed by atoms with Gasteiger partial charge in [-0.3, -0.25) is 14.3 Å². The predicted molar refractivity (Wildman–Crippen MR) is 113 cm³/mol. The van der Waals surface area contributed by atoms with Crippen LogP contribution in [0.3, 0.4) is 0 Å². The smallest absolute Gasteiger partial charge is 0.252 e. The van der Waals surface area contributed by atoms with Crippen molar-refractivity contribution >= 4 is 22.7 Å². The van der Waals surface area contributed by atoms with Crippen molar-refractivity contribution in [3.05, 3.63) is 48.3 Å². The van der Waals surface area contributed by atoms with E-state index in [0.717, 1.165) is 23.0 Å². The van der Waals surface area contributed by atoms with E-state index in [0.29, 0.717) is 37.6 Å². The summed E-state index contributed by atoms with van der Waals surface area (Å²) in [5, 5.41) is 7.97. The molecule has 2 aromatic heterocycles. The topological polar surface area (TPSA) is 89.4 Å². The normalized spacial score (nSPS) is 14.1. The third kappa shape index (κ3) is 4.33. The van der Waals surface area contributed by atoms with Crippen molar-refractivity contribution in [1.82, 2.24) is 25.0 Å². The first kappa shape index (κ1) is 20.0. The van der Waals surface area contributed by atoms with Crippen LogP contribution < -0.4 is 5.32 Å². The fraction of sp³-hybridized carbons (Fsp3) is 0.364. The summed E-state index contributed by atoms with van der Waals surface area (Å²) in [6, 6.07) is 9.35. The molecular weight excluding hydrogens is 382 g/mol. The molecule has 30 heavy (non-hydrogen) atoms. The van der Waals surface area contributed by atoms with Gasteiger partial charge in [-0.1, -0.05) is 18.2 Å². The molecule has 1 N–H and O–H groups in total. The first-order chi connectivity index (χ1) is 14.7. The Bertz CT molecular complexity index is 1060. The van der Waals surface area contributed by atoms with Crippen molar-refractivity contribution in [2.24, 2.45) is 0 Å². The molecule has 8 heteroatoms. The summed E-state index contributed by atoms with van der Waals surface area (Å²) in [7, 11) is 0. The van der Waals surface area contributed by atoms with E-state index in [1.165, 1.54) is 0 Å². The van der Waals surface area contributed by atoms with Crippen LogP contribution in [0.4, 0.5) is 0 Å². The van der Waals surface area contributed by atoms with Gasteiger partial charge in [0.15, 0.2) is 0 Å². The molecule has 2 amide bonds. The molecule has 1 fully saturated rings. The summed E-state index contributed by atoms with van der Waals surface area (Å²) in [4.78, 5) is 31.7. The standard InChI is InChI=1S/C22H25N5O3/c1-2-27-15-16(14-24-27)20-13-18(17-5-3-4-6-19(17)25-20)22(29)23-8-7-21(28)26-9-11-30-12-10-26/h3-6,13-15H,2,7-12H2,1H3,(H,23,29). The molecule has 1 aromatic carbocycles. The Morgan fingerprint density at radius 2 is 2.00 bits per heavy atom. The number of hydrogen-bond acceptors (Lipinski definition) is 5. The Labute approximate surface area is 174 Å². The molecule has 0 unspecified atom stereocenters. The first-order valence-electron chi connectivity index (χ1n) is 10.2. The number of benzene rings is 1. The van der Waals surface area contributed by atoms with Gasteiger partial charge in [0.05, 0.1) is 36.2 Å². The van der Waals surface area contributed by atoms with Gasteiger partial charge in [-0.25, -0.2) is 4.98 Å². The molecule has 1 saturated heterocycles. The van der Waals surface area contributed by atoms with Crippen LogP contribution in [0.5, 0.6) is 0 Å². The molecule has 0 bridgehead atoms. The van der Waals surface area contributed by atoms with Gasteiger partial charge in [0.25, 0.3) is 5.91 Å². The number of pyridine rings is 1. The second kappa shape index (κ2) is 9.04. The van der Waals surface area contributed by atoms with E-state index in [1.54, 1.807) is 17.2 Å². The summed E-state index contributed by atoms with van der Waals surface area (Å²) >= 11 is 0. The van der Waals surface area contributed by atoms with Crippen molar-refractivity contribution in [3.63, 3.8) is 0 Å². The number of para-hydroxylation sites is 1. The molecule has 0 aliphatic carbocycles. The molecule has 1 aliphatic rings. The number of hydrogen-bond donors (Lipinski definition) is 1. The van der Waals surface area contributed by atoms with Crippen LogP contribution in [0.1, 0.15) is 23.7 Å². The van der Waals surface area contributed by atoms with Crippen molar-refractivity contribution in [2.45, 2.75) is 19.9 Å². The number of aryl methyl sites for hydroxylation is 1. The molecule has 156 valence electrons. The summed E-state index contributed by atoms with van der Waals surface area (Å²) in [5.74, 6) is -0.182. The molecule has 3 heterocycles. The monoisotopic (exact) mass is 407 g/mol. The highest BCUT2D eigenvalue weighted by atomic mass is 16.5. The first-order valence-corrected chi connectivity index (χ1v) is 10.2. The van der Waals surface area contributed by atoms with E-state index in [2.05, 4.69) is 10.4 Å². The highest BCUT2D eigenvalue weighted by Crippen LogP contribution is 2.24. The van der Waals surface area contributed by atoms with Gasteiger partial charge in [0.2, 0.25) is 5.91 Å². The van der Waals surface area contributed by atoms with Gasteiger partial charge >= 0.3 is 0 Å². The van der Waals surface area contributed by atoms with Crippen LogP contribution in [-0.4, -0.2) is 64.3 Å². The minimum atomic E-state index is -0.215. The number of rotatable bonds is 6. The number of ether oxygens (including phenoxy) is 1. The lowest BCUT2D eigenvalue weighted by molar-refractivity contribution is -0.135. The fourth-order valence-corrected chi connectivity index (χ4v) is 3.53. The van der Waals surface area contributed by atoms with E-state index in [9.17, 15) is 9.59 Å². The van der Waals surface area contributed by atoms with Crippen LogP contribution in [0.25, 0.3) is 22.2 Å². The number of nitrogens with one attached hydrogen (secondary N) is 1. The van der Waals surface area contributed by atoms with Crippen LogP contribution in [0, 0.1) is 0 Å². The molecular formula is C22H25N5O3. The summed E-state index contributed by atoms with van der Waals surface area (Å²) < 4.78 is 7.09. The quantitative estimate of drug-likeness (QED) is 0.676. The molecule has 8 nitrogen and oxygen atoms in total. The average Bonchev–Trinajstić information content (AvgIpc) is 3.28. The van der Waals surface area contributed by atoms with Gasteiger partial charge in [0.1, 0.15) is 0 Å². The summed E-state index contributed by atoms with van der Waals surface area (Å²) in [6.07, 6.45) is 3.94. The van der Waals surface area contributed by atoms with Crippen LogP contribution >= 0.6 is 0 Å². The highest BCUT2D eigenvalue weighted by molar-refractivity contribution is 6.07. The number of nitrogens with zero attached hydrogens (tertiary/aromatic N) is 4. The zero-order valence-corrected chi connectivity index (χ0v) is 17.0. The molecule has 3 aromatic rings. The van der Waals surface area contributed by atoms with Crippen LogP contribution in [-0.2, 0) is 16.1 Å². The van der Waals surface area contributed by atoms with Gasteiger partial charge < -0.3 is 15.0 Å². The number of amides is 2. The fourth-order valence-electron chi connectivity index (χ4n) is 3.53. The Kier molecular flexibility index (Phi) is 6.04. The maximum absolute atomic E-state index is 13.0. The minimum Gasteiger partial charge on any atom is -0.378 e. The second-order valence-corrected chi connectivity index (χ2v) is 7.16. The third-order valence-electron chi connectivity index (χ3n) is 5.20. The van der Waals surface area contributed by atoms with E-state index in [1.807, 2.05) is 42.1 Å². The summed E-state index contributed by atoms with van der Waals surface area (Å²) in [6.45, 7) is 5.42. The zero-order valence-electron chi connectivity index (χ0n) is 17.0. The molecule has 4 rings (SSSR count). The number of carbonyl (C=O) groups excluding carboxylic acids is 2. The van der Waals surface area contributed by atoms with E-state index < -0.39 is 0 Å². The number of carbonyl (C=O) groups is 2. The van der Waals surface area contributed by atoms with Crippen molar-refractivity contribution in [1.29, 1.82) is 0 Å². The van der Waals surface area contributed by atoms with Gasteiger partial charge in [-0.05, 0) is 19.1 Å². The predicted octanol–water partition coefficient (Wildman–Crippen LogP) is 2.10. The zero-order chi connectivity index (χ0) is 20.9. The van der Waals surface area contributed by atoms with Crippen LogP contribution in [0.2, 0.25) is 0 Å². The SMILES string of the molecule is CCn1cc(-c2cc(C(=O)NCCC(=O)N3CCOCC3)c3ccccc3n2)cn1. The van der Waals surface area contributed by atoms with Crippen molar-refractivity contribution < 1.29 is 14.3 Å². The van der Waals surface area contributed by atoms with Crippen LogP contribution in [0.15, 0.2) is 42.7 Å². The Morgan fingerprint density at radius 3 is 2.77 bits per heavy atom. The minimum absolute atomic E-state index is 0.0332. The maximum atomic E-state index is 13.0. The molecule has 0 saturated carbocycles. The van der Waals surface area contributed by atoms with Gasteiger partial charge in [0, 0.05) is 49.7 Å². The molecule has 0 spiro atoms. The third-order valence-corrected chi connectivity index (χ3v) is 5.20. The van der Waals surface area contributed by atoms with Crippen molar-refractivity contribution in [3.8, 4) is 11.3 Å². The van der Waals surface area contributed by atoms with E-state index >= 15 is 0 Å². The summed E-state index contributed by atoms with van der Waals surface area (Å²) in [5.41, 5.74) is 2.84. The Morgan fingerprint density at radius 1 is 1.20 bits per heavy atom. The number of aromatic nitrogens is 3. The Balaban J connectivity index is 1.51. The van der Waals surface area contributed by atoms with E-state index in [4.69, 9.17) is 9.72 Å². The lowest BCUT2D eigenvalue weighted by atomic mass is 10.0. The molecule has 0 atom stereocenters. The van der Waals surface area contributed by atoms with Gasteiger partial charge in [-0.15, -0.1) is 0 Å². The van der Waals surface area contributed by atoms with E-state index in [-0.39, 0.29) is 24.8 Å². The lowest BCUT2D eigenvalue weighted by Crippen LogP contribution is -2.42. The maximum Gasteiger partial charge on any atom is 0.252 e. The largest absolute Gasteiger partial charge is 0.378 e. The van der Waals surface area contributed by atoms with Gasteiger partial charge in [-0.2, -0.15) is 5.10 Å². The highest BCUT2D eigenvalue weighted by Gasteiger charge is 2.18. The number of morpholine rings is 1. The lowest BCUT2D eigenvalue weighted by Gasteiger charge is -2.26.